The Labute approximate surface area is 62.3 Å². The maximum atomic E-state index is 4.23. The molecule has 9 heavy (non-hydrogen) atoms. The van der Waals surface area contributed by atoms with Gasteiger partial charge in [-0.05, 0) is 18.8 Å². The quantitative estimate of drug-likeness (QED) is 0.508. The molecule has 0 aromatic rings. The van der Waals surface area contributed by atoms with Gasteiger partial charge >= 0.3 is 0 Å². The van der Waals surface area contributed by atoms with Crippen LogP contribution >= 0.6 is 12.8 Å². The molecule has 0 aromatic heterocycles. The van der Waals surface area contributed by atoms with Gasteiger partial charge in [-0.1, -0.05) is 26.3 Å². The molecule has 0 saturated carbocycles. The van der Waals surface area contributed by atoms with E-state index in [9.17, 15) is 0 Å². The molecule has 0 amide bonds. The highest BCUT2D eigenvalue weighted by Gasteiger charge is 2.14. The second-order valence-corrected chi connectivity index (χ2v) is 3.27. The molecular weight excluding hydrogens is 130 g/mol. The molecule has 1 rings (SSSR count). The second-order valence-electron chi connectivity index (χ2n) is 2.79. The maximum absolute atomic E-state index is 4.23. The van der Waals surface area contributed by atoms with Gasteiger partial charge < -0.3 is 4.31 Å². The average molecular weight is 143 g/mol. The molecule has 1 unspecified atom stereocenters. The van der Waals surface area contributed by atoms with Crippen molar-refractivity contribution in [1.29, 1.82) is 0 Å². The molecule has 1 nitrogen and oxygen atoms in total. The molecule has 1 aliphatic rings. The maximum Gasteiger partial charge on any atom is 0.0292 e. The smallest absolute Gasteiger partial charge is 0.0292 e. The van der Waals surface area contributed by atoms with Gasteiger partial charge in [-0.3, -0.25) is 0 Å². The summed E-state index contributed by atoms with van der Waals surface area (Å²) in [6.45, 7) is 7.21. The molecule has 0 aliphatic carbocycles. The Hall–Kier alpha value is -0.110. The fourth-order valence-corrected chi connectivity index (χ4v) is 1.31. The van der Waals surface area contributed by atoms with Gasteiger partial charge in [-0.25, -0.2) is 0 Å². The Morgan fingerprint density at radius 1 is 1.78 bits per heavy atom. The monoisotopic (exact) mass is 143 g/mol. The minimum atomic E-state index is 0.806. The SMILES string of the molecule is C=C1CC(C)CCN1S. The van der Waals surface area contributed by atoms with Crippen LogP contribution in [0, 0.1) is 5.92 Å². The molecular formula is C7H13NS. The van der Waals surface area contributed by atoms with Gasteiger partial charge in [0.15, 0.2) is 0 Å². The van der Waals surface area contributed by atoms with Crippen LogP contribution < -0.4 is 0 Å². The Morgan fingerprint density at radius 3 is 2.89 bits per heavy atom. The third kappa shape index (κ3) is 1.65. The normalized spacial score (nSPS) is 28.9. The summed E-state index contributed by atoms with van der Waals surface area (Å²) < 4.78 is 1.94. The van der Waals surface area contributed by atoms with E-state index >= 15 is 0 Å². The van der Waals surface area contributed by atoms with Gasteiger partial charge in [0.2, 0.25) is 0 Å². The zero-order chi connectivity index (χ0) is 6.85. The Bertz CT molecular complexity index is 122. The van der Waals surface area contributed by atoms with Crippen molar-refractivity contribution >= 4 is 12.8 Å². The minimum absolute atomic E-state index is 0.806. The highest BCUT2D eigenvalue weighted by Crippen LogP contribution is 2.24. The second kappa shape index (κ2) is 2.65. The van der Waals surface area contributed by atoms with Crippen LogP contribution in [0.25, 0.3) is 0 Å². The van der Waals surface area contributed by atoms with Crippen molar-refractivity contribution < 1.29 is 0 Å². The lowest BCUT2D eigenvalue weighted by atomic mass is 9.99. The highest BCUT2D eigenvalue weighted by atomic mass is 32.1. The van der Waals surface area contributed by atoms with E-state index in [1.807, 2.05) is 4.31 Å². The number of allylic oxidation sites excluding steroid dienone is 1. The number of hydrogen-bond donors (Lipinski definition) is 1. The number of thiol groups is 1. The van der Waals surface area contributed by atoms with Crippen molar-refractivity contribution in [3.8, 4) is 0 Å². The number of hydrogen-bond acceptors (Lipinski definition) is 2. The van der Waals surface area contributed by atoms with E-state index in [4.69, 9.17) is 0 Å². The predicted molar refractivity (Wildman–Crippen MR) is 43.2 cm³/mol. The lowest BCUT2D eigenvalue weighted by Gasteiger charge is -2.29. The van der Waals surface area contributed by atoms with Crippen LogP contribution in [-0.4, -0.2) is 10.8 Å². The van der Waals surface area contributed by atoms with Gasteiger partial charge in [0.25, 0.3) is 0 Å². The van der Waals surface area contributed by atoms with Gasteiger partial charge in [-0.2, -0.15) is 0 Å². The van der Waals surface area contributed by atoms with Crippen molar-refractivity contribution in [2.75, 3.05) is 6.54 Å². The van der Waals surface area contributed by atoms with Crippen molar-refractivity contribution in [2.45, 2.75) is 19.8 Å². The molecule has 1 heterocycles. The van der Waals surface area contributed by atoms with E-state index in [0.717, 1.165) is 24.6 Å². The molecule has 1 fully saturated rings. The van der Waals surface area contributed by atoms with Crippen LogP contribution in [0.5, 0.6) is 0 Å². The molecule has 2 heteroatoms. The Kier molecular flexibility index (Phi) is 2.06. The van der Waals surface area contributed by atoms with Crippen LogP contribution in [0.3, 0.4) is 0 Å². The fraction of sp³-hybridized carbons (Fsp3) is 0.714. The summed E-state index contributed by atoms with van der Waals surface area (Å²) in [6.07, 6.45) is 2.37. The summed E-state index contributed by atoms with van der Waals surface area (Å²) in [5, 5.41) is 0. The summed E-state index contributed by atoms with van der Waals surface area (Å²) in [4.78, 5) is 0. The van der Waals surface area contributed by atoms with Crippen LogP contribution in [0.1, 0.15) is 19.8 Å². The lowest BCUT2D eigenvalue weighted by molar-refractivity contribution is 0.371. The first-order valence-corrected chi connectivity index (χ1v) is 3.74. The number of nitrogens with zero attached hydrogens (tertiary/aromatic N) is 1. The number of piperidine rings is 1. The minimum Gasteiger partial charge on any atom is -0.323 e. The molecule has 0 N–H and O–H groups in total. The summed E-state index contributed by atoms with van der Waals surface area (Å²) in [6, 6.07) is 0. The molecule has 1 atom stereocenters. The molecule has 52 valence electrons. The molecule has 1 aliphatic heterocycles. The average Bonchev–Trinajstić information content (AvgIpc) is 1.80. The van der Waals surface area contributed by atoms with Crippen molar-refractivity contribution in [2.24, 2.45) is 5.92 Å². The van der Waals surface area contributed by atoms with Crippen LogP contribution in [0.15, 0.2) is 12.3 Å². The highest BCUT2D eigenvalue weighted by molar-refractivity contribution is 7.77. The molecule has 0 spiro atoms. The fourth-order valence-electron chi connectivity index (χ4n) is 1.11. The summed E-state index contributed by atoms with van der Waals surface area (Å²) >= 11 is 4.23. The zero-order valence-corrected chi connectivity index (χ0v) is 6.69. The summed E-state index contributed by atoms with van der Waals surface area (Å²) in [7, 11) is 0. The standard InChI is InChI=1S/C7H13NS/c1-6-3-4-8(9)7(2)5-6/h6,9H,2-5H2,1H3. The Morgan fingerprint density at radius 2 is 2.44 bits per heavy atom. The van der Waals surface area contributed by atoms with Crippen LogP contribution in [0.2, 0.25) is 0 Å². The van der Waals surface area contributed by atoms with Crippen molar-refractivity contribution in [3.05, 3.63) is 12.3 Å². The Balaban J connectivity index is 2.44. The van der Waals surface area contributed by atoms with E-state index in [2.05, 4.69) is 26.3 Å². The van der Waals surface area contributed by atoms with E-state index in [1.165, 1.54) is 6.42 Å². The zero-order valence-electron chi connectivity index (χ0n) is 5.80. The topological polar surface area (TPSA) is 3.24 Å². The third-order valence-electron chi connectivity index (χ3n) is 1.78. The van der Waals surface area contributed by atoms with E-state index in [0.29, 0.717) is 0 Å². The van der Waals surface area contributed by atoms with E-state index < -0.39 is 0 Å². The first-order chi connectivity index (χ1) is 4.20. The third-order valence-corrected chi connectivity index (χ3v) is 2.27. The predicted octanol–water partition coefficient (Wildman–Crippen LogP) is 2.08. The summed E-state index contributed by atoms with van der Waals surface area (Å²) in [5.41, 5.74) is 1.16. The largest absolute Gasteiger partial charge is 0.323 e. The van der Waals surface area contributed by atoms with Gasteiger partial charge in [0.1, 0.15) is 0 Å². The van der Waals surface area contributed by atoms with Crippen molar-refractivity contribution in [1.82, 2.24) is 4.31 Å². The van der Waals surface area contributed by atoms with Crippen LogP contribution in [-0.2, 0) is 0 Å². The van der Waals surface area contributed by atoms with Gasteiger partial charge in [0.05, 0.1) is 0 Å². The van der Waals surface area contributed by atoms with Gasteiger partial charge in [-0.15, -0.1) is 0 Å². The first kappa shape index (κ1) is 7.00. The van der Waals surface area contributed by atoms with Gasteiger partial charge in [0, 0.05) is 12.2 Å². The van der Waals surface area contributed by atoms with Crippen molar-refractivity contribution in [3.63, 3.8) is 0 Å². The molecule has 1 saturated heterocycles. The van der Waals surface area contributed by atoms with Crippen LogP contribution in [0.4, 0.5) is 0 Å². The molecule has 0 aromatic carbocycles. The van der Waals surface area contributed by atoms with E-state index in [-0.39, 0.29) is 0 Å². The lowest BCUT2D eigenvalue weighted by Crippen LogP contribution is -2.22. The van der Waals surface area contributed by atoms with E-state index in [1.54, 1.807) is 0 Å². The molecule has 0 bridgehead atoms. The first-order valence-electron chi connectivity index (χ1n) is 3.34. The summed E-state index contributed by atoms with van der Waals surface area (Å²) in [5.74, 6) is 0.806. The number of rotatable bonds is 0. The molecule has 0 radical (unpaired) electrons.